The third-order valence-electron chi connectivity index (χ3n) is 2.53. The van der Waals surface area contributed by atoms with Gasteiger partial charge in [0, 0.05) is 25.8 Å². The molecule has 114 valence electrons. The van der Waals surface area contributed by atoms with E-state index in [1.165, 1.54) is 18.2 Å². The number of amides is 1. The number of halogens is 3. The first-order valence-corrected chi connectivity index (χ1v) is 6.04. The van der Waals surface area contributed by atoms with Crippen LogP contribution in [-0.2, 0) is 16.0 Å². The van der Waals surface area contributed by atoms with Gasteiger partial charge in [-0.3, -0.25) is 4.79 Å². The molecule has 2 N–H and O–H groups in total. The van der Waals surface area contributed by atoms with Crippen LogP contribution >= 0.6 is 12.4 Å². The van der Waals surface area contributed by atoms with Crippen LogP contribution in [0, 0.1) is 11.6 Å². The van der Waals surface area contributed by atoms with E-state index < -0.39 is 11.6 Å². The monoisotopic (exact) mass is 308 g/mol. The van der Waals surface area contributed by atoms with Crippen molar-refractivity contribution in [2.75, 3.05) is 33.4 Å². The van der Waals surface area contributed by atoms with E-state index in [9.17, 15) is 13.6 Å². The van der Waals surface area contributed by atoms with E-state index in [0.29, 0.717) is 13.2 Å². The zero-order valence-electron chi connectivity index (χ0n) is 11.2. The number of benzene rings is 1. The van der Waals surface area contributed by atoms with Crippen LogP contribution in [0.2, 0.25) is 0 Å². The lowest BCUT2D eigenvalue weighted by Crippen LogP contribution is -2.36. The molecule has 0 unspecified atom stereocenters. The number of rotatable bonds is 8. The molecule has 0 heterocycles. The molecule has 0 radical (unpaired) electrons. The van der Waals surface area contributed by atoms with Gasteiger partial charge in [0.15, 0.2) is 0 Å². The Bertz CT molecular complexity index is 399. The Morgan fingerprint density at radius 1 is 1.25 bits per heavy atom. The molecule has 7 heteroatoms. The second kappa shape index (κ2) is 10.5. The molecule has 1 rings (SSSR count). The highest BCUT2D eigenvalue weighted by Gasteiger charge is 2.08. The van der Waals surface area contributed by atoms with Crippen molar-refractivity contribution < 1.29 is 18.3 Å². The number of carbonyl (C=O) groups excluding carboxylic acids is 1. The molecule has 20 heavy (non-hydrogen) atoms. The Kier molecular flexibility index (Phi) is 9.88. The summed E-state index contributed by atoms with van der Waals surface area (Å²) in [6.07, 6.45) is 0.127. The molecular weight excluding hydrogens is 290 g/mol. The van der Waals surface area contributed by atoms with E-state index in [-0.39, 0.29) is 43.4 Å². The van der Waals surface area contributed by atoms with Gasteiger partial charge in [-0.1, -0.05) is 6.07 Å². The van der Waals surface area contributed by atoms with Gasteiger partial charge < -0.3 is 15.4 Å². The second-order valence-electron chi connectivity index (χ2n) is 3.97. The fraction of sp³-hybridized carbons (Fsp3) is 0.462. The summed E-state index contributed by atoms with van der Waals surface area (Å²) < 4.78 is 31.4. The molecule has 0 fully saturated rings. The Morgan fingerprint density at radius 2 is 1.90 bits per heavy atom. The molecule has 0 spiro atoms. The van der Waals surface area contributed by atoms with Gasteiger partial charge in [-0.15, -0.1) is 12.4 Å². The maximum Gasteiger partial charge on any atom is 0.233 e. The molecule has 1 amide bonds. The largest absolute Gasteiger partial charge is 0.383 e. The Morgan fingerprint density at radius 3 is 2.50 bits per heavy atom. The van der Waals surface area contributed by atoms with Crippen LogP contribution in [0.4, 0.5) is 8.78 Å². The van der Waals surface area contributed by atoms with Crippen LogP contribution in [0.5, 0.6) is 0 Å². The van der Waals surface area contributed by atoms with Crippen molar-refractivity contribution in [1.82, 2.24) is 10.6 Å². The highest BCUT2D eigenvalue weighted by molar-refractivity contribution is 5.85. The number of hydrogen-bond acceptors (Lipinski definition) is 3. The third kappa shape index (κ3) is 6.79. The second-order valence-corrected chi connectivity index (χ2v) is 3.97. The summed E-state index contributed by atoms with van der Waals surface area (Å²) in [5.41, 5.74) is -0.00450. The smallest absolute Gasteiger partial charge is 0.233 e. The molecule has 0 saturated carbocycles. The minimum absolute atomic E-state index is 0. The minimum atomic E-state index is -0.590. The van der Waals surface area contributed by atoms with E-state index in [2.05, 4.69) is 10.6 Å². The van der Waals surface area contributed by atoms with Gasteiger partial charge in [0.2, 0.25) is 5.91 Å². The maximum absolute atomic E-state index is 13.3. The summed E-state index contributed by atoms with van der Waals surface area (Å²) in [6, 6.07) is 3.71. The number of carbonyl (C=O) groups is 1. The fourth-order valence-electron chi connectivity index (χ4n) is 1.54. The quantitative estimate of drug-likeness (QED) is 0.711. The molecule has 0 aliphatic heterocycles. The van der Waals surface area contributed by atoms with Gasteiger partial charge in [0.05, 0.1) is 13.2 Å². The Balaban J connectivity index is 0.00000361. The summed E-state index contributed by atoms with van der Waals surface area (Å²) in [6.45, 7) is 1.45. The van der Waals surface area contributed by atoms with Crippen molar-refractivity contribution in [2.24, 2.45) is 0 Å². The molecule has 0 aliphatic rings. The van der Waals surface area contributed by atoms with Crippen molar-refractivity contribution in [3.05, 3.63) is 35.4 Å². The van der Waals surface area contributed by atoms with E-state index >= 15 is 0 Å². The fourth-order valence-corrected chi connectivity index (χ4v) is 1.54. The molecular formula is C13H19ClF2N2O2. The number of nitrogens with one attached hydrogen (secondary N) is 2. The van der Waals surface area contributed by atoms with Gasteiger partial charge in [-0.2, -0.15) is 0 Å². The van der Waals surface area contributed by atoms with Gasteiger partial charge in [-0.25, -0.2) is 8.78 Å². The molecule has 0 bridgehead atoms. The van der Waals surface area contributed by atoms with E-state index in [1.54, 1.807) is 7.11 Å². The van der Waals surface area contributed by atoms with Crippen molar-refractivity contribution in [2.45, 2.75) is 6.42 Å². The summed E-state index contributed by atoms with van der Waals surface area (Å²) in [4.78, 5) is 11.4. The molecule has 1 aromatic carbocycles. The molecule has 1 aromatic rings. The number of methoxy groups -OCH3 is 1. The topological polar surface area (TPSA) is 50.4 Å². The SMILES string of the molecule is COCCNCC(=O)NCCc1c(F)cccc1F.Cl. The van der Waals surface area contributed by atoms with Crippen LogP contribution in [0.15, 0.2) is 18.2 Å². The first-order chi connectivity index (χ1) is 9.15. The lowest BCUT2D eigenvalue weighted by Gasteiger charge is -2.07. The lowest BCUT2D eigenvalue weighted by molar-refractivity contribution is -0.120. The first kappa shape index (κ1) is 18.8. The molecule has 0 atom stereocenters. The average molecular weight is 309 g/mol. The van der Waals surface area contributed by atoms with Crippen molar-refractivity contribution in [3.63, 3.8) is 0 Å². The Labute approximate surface area is 123 Å². The van der Waals surface area contributed by atoms with Crippen molar-refractivity contribution in [1.29, 1.82) is 0 Å². The number of hydrogen-bond donors (Lipinski definition) is 2. The van der Waals surface area contributed by atoms with Gasteiger partial charge >= 0.3 is 0 Å². The first-order valence-electron chi connectivity index (χ1n) is 6.04. The molecule has 0 saturated heterocycles. The van der Waals surface area contributed by atoms with Crippen LogP contribution < -0.4 is 10.6 Å². The lowest BCUT2D eigenvalue weighted by atomic mass is 10.1. The van der Waals surface area contributed by atoms with Crippen LogP contribution in [0.25, 0.3) is 0 Å². The minimum Gasteiger partial charge on any atom is -0.383 e. The highest BCUT2D eigenvalue weighted by Crippen LogP contribution is 2.11. The zero-order chi connectivity index (χ0) is 14.1. The number of ether oxygens (including phenoxy) is 1. The van der Waals surface area contributed by atoms with Crippen LogP contribution in [-0.4, -0.2) is 39.3 Å². The summed E-state index contributed by atoms with van der Waals surface area (Å²) in [5, 5.41) is 5.46. The molecule has 4 nitrogen and oxygen atoms in total. The van der Waals surface area contributed by atoms with Crippen molar-refractivity contribution >= 4 is 18.3 Å². The molecule has 0 aromatic heterocycles. The van der Waals surface area contributed by atoms with Crippen molar-refractivity contribution in [3.8, 4) is 0 Å². The standard InChI is InChI=1S/C13H18F2N2O2.ClH/c1-19-8-7-16-9-13(18)17-6-5-10-11(14)3-2-4-12(10)15;/h2-4,16H,5-9H2,1H3,(H,17,18);1H. The highest BCUT2D eigenvalue weighted by atomic mass is 35.5. The Hall–Kier alpha value is -1.24. The van der Waals surface area contributed by atoms with Crippen LogP contribution in [0.1, 0.15) is 5.56 Å². The van der Waals surface area contributed by atoms with Crippen LogP contribution in [0.3, 0.4) is 0 Å². The third-order valence-corrected chi connectivity index (χ3v) is 2.53. The summed E-state index contributed by atoms with van der Waals surface area (Å²) in [7, 11) is 1.57. The van der Waals surface area contributed by atoms with E-state index in [0.717, 1.165) is 0 Å². The average Bonchev–Trinajstić information content (AvgIpc) is 2.38. The van der Waals surface area contributed by atoms with Gasteiger partial charge in [0.1, 0.15) is 11.6 Å². The van der Waals surface area contributed by atoms with E-state index in [4.69, 9.17) is 4.74 Å². The van der Waals surface area contributed by atoms with Gasteiger partial charge in [-0.05, 0) is 18.6 Å². The normalized spacial score (nSPS) is 9.95. The summed E-state index contributed by atoms with van der Waals surface area (Å²) in [5.74, 6) is -1.40. The predicted molar refractivity (Wildman–Crippen MR) is 75.1 cm³/mol. The van der Waals surface area contributed by atoms with E-state index in [1.807, 2.05) is 0 Å². The zero-order valence-corrected chi connectivity index (χ0v) is 12.1. The molecule has 0 aliphatic carbocycles. The maximum atomic E-state index is 13.3. The predicted octanol–water partition coefficient (Wildman–Crippen LogP) is 1.28. The summed E-state index contributed by atoms with van der Waals surface area (Å²) >= 11 is 0. The van der Waals surface area contributed by atoms with Gasteiger partial charge in [0.25, 0.3) is 0 Å².